The van der Waals surface area contributed by atoms with Crippen molar-refractivity contribution < 1.29 is 14.8 Å². The molecule has 0 aromatic carbocycles. The number of halogens is 1. The fourth-order valence-electron chi connectivity index (χ4n) is 3.05. The number of anilines is 1. The lowest BCUT2D eigenvalue weighted by atomic mass is 9.93. The van der Waals surface area contributed by atoms with Gasteiger partial charge in [-0.2, -0.15) is 4.98 Å². The van der Waals surface area contributed by atoms with E-state index in [9.17, 15) is 20.0 Å². The summed E-state index contributed by atoms with van der Waals surface area (Å²) >= 11 is 5.83. The Kier molecular flexibility index (Phi) is 5.03. The van der Waals surface area contributed by atoms with E-state index < -0.39 is 16.4 Å². The van der Waals surface area contributed by atoms with Crippen LogP contribution < -0.4 is 4.90 Å². The molecule has 9 heteroatoms. The molecule has 1 atom stereocenters. The summed E-state index contributed by atoms with van der Waals surface area (Å²) in [5.74, 6) is -1.07. The quantitative estimate of drug-likeness (QED) is 0.480. The molecule has 1 fully saturated rings. The van der Waals surface area contributed by atoms with Crippen molar-refractivity contribution in [1.82, 2.24) is 9.97 Å². The predicted octanol–water partition coefficient (Wildman–Crippen LogP) is 3.04. The van der Waals surface area contributed by atoms with E-state index in [2.05, 4.69) is 9.97 Å². The number of aliphatic carboxylic acids is 1. The van der Waals surface area contributed by atoms with E-state index in [4.69, 9.17) is 11.6 Å². The van der Waals surface area contributed by atoms with Gasteiger partial charge in [0, 0.05) is 6.04 Å². The summed E-state index contributed by atoms with van der Waals surface area (Å²) in [5.41, 5.74) is -1.64. The topological polar surface area (TPSA) is 109 Å². The molecule has 1 saturated carbocycles. The number of rotatable bonds is 6. The van der Waals surface area contributed by atoms with Crippen LogP contribution in [0.2, 0.25) is 5.28 Å². The van der Waals surface area contributed by atoms with Crippen LogP contribution in [0.15, 0.2) is 6.20 Å². The van der Waals surface area contributed by atoms with Crippen LogP contribution in [0.3, 0.4) is 0 Å². The first kappa shape index (κ1) is 17.4. The van der Waals surface area contributed by atoms with E-state index in [1.807, 2.05) is 0 Å². The fourth-order valence-corrected chi connectivity index (χ4v) is 3.18. The number of aromatic nitrogens is 2. The summed E-state index contributed by atoms with van der Waals surface area (Å²) in [7, 11) is 0. The SMILES string of the molecule is CC[C@](C)(C(=O)O)N(c1nc(Cl)ncc1[N+](=O)[O-])C1CCCC1. The Morgan fingerprint density at radius 3 is 2.65 bits per heavy atom. The first-order valence-corrected chi connectivity index (χ1v) is 7.88. The highest BCUT2D eigenvalue weighted by Crippen LogP contribution is 2.39. The summed E-state index contributed by atoms with van der Waals surface area (Å²) in [6, 6.07) is -0.124. The molecule has 23 heavy (non-hydrogen) atoms. The fraction of sp³-hybridized carbons (Fsp3) is 0.643. The Balaban J connectivity index is 2.65. The Morgan fingerprint density at radius 1 is 1.57 bits per heavy atom. The van der Waals surface area contributed by atoms with Crippen molar-refractivity contribution in [1.29, 1.82) is 0 Å². The molecular formula is C14H19ClN4O4. The molecular weight excluding hydrogens is 324 g/mol. The average molecular weight is 343 g/mol. The van der Waals surface area contributed by atoms with Gasteiger partial charge in [-0.15, -0.1) is 0 Å². The molecule has 0 aliphatic heterocycles. The minimum atomic E-state index is -1.31. The standard InChI is InChI=1S/C14H19ClN4O4/c1-3-14(2,12(20)21)18(9-6-4-5-7-9)11-10(19(22)23)8-16-13(15)17-11/h8-9H,3-7H2,1-2H3,(H,20,21)/t14-/m1/s1. The summed E-state index contributed by atoms with van der Waals surface area (Å²) in [5, 5.41) is 20.9. The summed E-state index contributed by atoms with van der Waals surface area (Å²) in [6.45, 7) is 3.30. The molecule has 2 rings (SSSR count). The molecule has 8 nitrogen and oxygen atoms in total. The smallest absolute Gasteiger partial charge is 0.329 e. The molecule has 0 bridgehead atoms. The van der Waals surface area contributed by atoms with Gasteiger partial charge >= 0.3 is 11.7 Å². The summed E-state index contributed by atoms with van der Waals surface area (Å²) < 4.78 is 0. The van der Waals surface area contributed by atoms with Crippen LogP contribution in [0, 0.1) is 10.1 Å². The Morgan fingerprint density at radius 2 is 2.17 bits per heavy atom. The third kappa shape index (κ3) is 3.21. The highest BCUT2D eigenvalue weighted by molar-refractivity contribution is 6.28. The lowest BCUT2D eigenvalue weighted by Gasteiger charge is -2.42. The van der Waals surface area contributed by atoms with Crippen molar-refractivity contribution in [2.24, 2.45) is 0 Å². The maximum absolute atomic E-state index is 11.9. The first-order valence-electron chi connectivity index (χ1n) is 7.51. The van der Waals surface area contributed by atoms with Crippen LogP contribution in [0.1, 0.15) is 46.0 Å². The maximum Gasteiger partial charge on any atom is 0.329 e. The van der Waals surface area contributed by atoms with Crippen LogP contribution in [-0.4, -0.2) is 37.5 Å². The second-order valence-electron chi connectivity index (χ2n) is 5.85. The molecule has 1 aliphatic rings. The minimum Gasteiger partial charge on any atom is -0.480 e. The molecule has 1 aromatic heterocycles. The minimum absolute atomic E-state index is 0.0198. The molecule has 0 amide bonds. The van der Waals surface area contributed by atoms with Crippen molar-refractivity contribution in [3.63, 3.8) is 0 Å². The number of carbonyl (C=O) groups is 1. The van der Waals surface area contributed by atoms with E-state index in [0.717, 1.165) is 31.9 Å². The predicted molar refractivity (Wildman–Crippen MR) is 84.8 cm³/mol. The molecule has 126 valence electrons. The number of nitro groups is 1. The third-order valence-electron chi connectivity index (χ3n) is 4.52. The molecule has 0 radical (unpaired) electrons. The molecule has 1 aliphatic carbocycles. The normalized spacial score (nSPS) is 17.7. The van der Waals surface area contributed by atoms with Gasteiger partial charge in [-0.1, -0.05) is 19.8 Å². The molecule has 0 spiro atoms. The number of nitrogens with zero attached hydrogens (tertiary/aromatic N) is 4. The zero-order valence-corrected chi connectivity index (χ0v) is 13.8. The zero-order chi connectivity index (χ0) is 17.2. The van der Waals surface area contributed by atoms with Gasteiger partial charge in [-0.05, 0) is 37.8 Å². The number of hydrogen-bond donors (Lipinski definition) is 1. The van der Waals surface area contributed by atoms with Crippen molar-refractivity contribution in [2.75, 3.05) is 4.90 Å². The van der Waals surface area contributed by atoms with Gasteiger partial charge < -0.3 is 10.0 Å². The summed E-state index contributed by atoms with van der Waals surface area (Å²) in [4.78, 5) is 31.9. The average Bonchev–Trinajstić information content (AvgIpc) is 3.00. The van der Waals surface area contributed by atoms with Crippen LogP contribution in [0.5, 0.6) is 0 Å². The zero-order valence-electron chi connectivity index (χ0n) is 13.0. The second-order valence-corrected chi connectivity index (χ2v) is 6.18. The van der Waals surface area contributed by atoms with E-state index in [1.54, 1.807) is 18.7 Å². The van der Waals surface area contributed by atoms with Crippen molar-refractivity contribution in [3.8, 4) is 0 Å². The van der Waals surface area contributed by atoms with Crippen molar-refractivity contribution in [2.45, 2.75) is 57.5 Å². The molecule has 0 saturated heterocycles. The largest absolute Gasteiger partial charge is 0.480 e. The highest BCUT2D eigenvalue weighted by atomic mass is 35.5. The third-order valence-corrected chi connectivity index (χ3v) is 4.70. The van der Waals surface area contributed by atoms with Gasteiger partial charge in [0.05, 0.1) is 4.92 Å². The Bertz CT molecular complexity index is 621. The molecule has 1 N–H and O–H groups in total. The lowest BCUT2D eigenvalue weighted by molar-refractivity contribution is -0.384. The molecule has 0 unspecified atom stereocenters. The van der Waals surface area contributed by atoms with E-state index in [1.165, 1.54) is 0 Å². The van der Waals surface area contributed by atoms with Crippen molar-refractivity contribution >= 4 is 29.1 Å². The van der Waals surface area contributed by atoms with Gasteiger partial charge in [0.1, 0.15) is 11.7 Å². The van der Waals surface area contributed by atoms with E-state index in [0.29, 0.717) is 0 Å². The molecule has 1 heterocycles. The van der Waals surface area contributed by atoms with Crippen LogP contribution in [0.4, 0.5) is 11.5 Å². The monoisotopic (exact) mass is 342 g/mol. The van der Waals surface area contributed by atoms with Gasteiger partial charge in [0.25, 0.3) is 0 Å². The number of carboxylic acids is 1. The molecule has 1 aromatic rings. The lowest BCUT2D eigenvalue weighted by Crippen LogP contribution is -2.56. The maximum atomic E-state index is 11.9. The Labute approximate surface area is 138 Å². The van der Waals surface area contributed by atoms with Gasteiger partial charge in [-0.3, -0.25) is 10.1 Å². The van der Waals surface area contributed by atoms with Crippen LogP contribution >= 0.6 is 11.6 Å². The van der Waals surface area contributed by atoms with Gasteiger partial charge in [0.15, 0.2) is 0 Å². The van der Waals surface area contributed by atoms with Crippen molar-refractivity contribution in [3.05, 3.63) is 21.6 Å². The second kappa shape index (κ2) is 6.66. The summed E-state index contributed by atoms with van der Waals surface area (Å²) in [6.07, 6.45) is 4.74. The van der Waals surface area contributed by atoms with Crippen LogP contribution in [0.25, 0.3) is 0 Å². The van der Waals surface area contributed by atoms with E-state index in [-0.39, 0.29) is 29.3 Å². The first-order chi connectivity index (χ1) is 10.8. The number of carboxylic acid groups (broad SMARTS) is 1. The van der Waals surface area contributed by atoms with Crippen LogP contribution in [-0.2, 0) is 4.79 Å². The Hall–Kier alpha value is -1.96. The van der Waals surface area contributed by atoms with E-state index >= 15 is 0 Å². The number of hydrogen-bond acceptors (Lipinski definition) is 6. The van der Waals surface area contributed by atoms with Gasteiger partial charge in [-0.25, -0.2) is 9.78 Å². The highest BCUT2D eigenvalue weighted by Gasteiger charge is 2.45. The van der Waals surface area contributed by atoms with Gasteiger partial charge in [0.2, 0.25) is 11.1 Å².